The third-order valence-corrected chi connectivity index (χ3v) is 1.05. The summed E-state index contributed by atoms with van der Waals surface area (Å²) in [5.74, 6) is -0.274. The number of nitro groups is 1. The molecule has 0 N–H and O–H groups in total. The van der Waals surface area contributed by atoms with Crippen LogP contribution in [0.15, 0.2) is 18.3 Å². The van der Waals surface area contributed by atoms with E-state index in [1.807, 2.05) is 0 Å². The highest BCUT2D eigenvalue weighted by Crippen LogP contribution is 2.04. The van der Waals surface area contributed by atoms with Crippen molar-refractivity contribution in [2.75, 3.05) is 0 Å². The van der Waals surface area contributed by atoms with Crippen LogP contribution >= 0.6 is 0 Å². The van der Waals surface area contributed by atoms with Gasteiger partial charge in [0.1, 0.15) is 0 Å². The lowest BCUT2D eigenvalue weighted by atomic mass is 10.3. The Morgan fingerprint density at radius 1 is 1.55 bits per heavy atom. The molecule has 0 spiro atoms. The highest BCUT2D eigenvalue weighted by Gasteiger charge is 2.04. The molecule has 0 aliphatic rings. The summed E-state index contributed by atoms with van der Waals surface area (Å²) in [6.07, 6.45) is 2.66. The van der Waals surface area contributed by atoms with Crippen LogP contribution in [-0.4, -0.2) is 16.2 Å². The van der Waals surface area contributed by atoms with Crippen molar-refractivity contribution < 1.29 is 9.72 Å². The van der Waals surface area contributed by atoms with Crippen LogP contribution in [0.3, 0.4) is 0 Å². The van der Waals surface area contributed by atoms with Crippen molar-refractivity contribution in [3.8, 4) is 0 Å². The van der Waals surface area contributed by atoms with Gasteiger partial charge in [0.2, 0.25) is 6.29 Å². The first-order valence-electron chi connectivity index (χ1n) is 2.72. The largest absolute Gasteiger partial charge is 0.363 e. The molecule has 1 rings (SSSR count). The summed E-state index contributed by atoms with van der Waals surface area (Å²) in [6, 6.07) is 2.44. The van der Waals surface area contributed by atoms with E-state index in [2.05, 4.69) is 4.98 Å². The standard InChI is InChI=1S/C6H3N2O3/c9-4-5-1-2-6(7-3-5)8(10)11/h1-3H. The van der Waals surface area contributed by atoms with Crippen molar-refractivity contribution in [2.45, 2.75) is 0 Å². The van der Waals surface area contributed by atoms with E-state index in [9.17, 15) is 14.9 Å². The third kappa shape index (κ3) is 1.57. The fourth-order valence-corrected chi connectivity index (χ4v) is 0.554. The van der Waals surface area contributed by atoms with Gasteiger partial charge in [-0.1, -0.05) is 0 Å². The van der Waals surface area contributed by atoms with Crippen molar-refractivity contribution in [2.24, 2.45) is 0 Å². The zero-order valence-corrected chi connectivity index (χ0v) is 5.35. The molecule has 0 amide bonds. The van der Waals surface area contributed by atoms with Crippen LogP contribution in [0.5, 0.6) is 0 Å². The fraction of sp³-hybridized carbons (Fsp3) is 0. The van der Waals surface area contributed by atoms with Gasteiger partial charge in [0.15, 0.2) is 6.20 Å². The maximum atomic E-state index is 10.0. The smallest absolute Gasteiger partial charge is 0.358 e. The molecule has 1 aromatic heterocycles. The summed E-state index contributed by atoms with van der Waals surface area (Å²) in [7, 11) is 0. The monoisotopic (exact) mass is 151 g/mol. The van der Waals surface area contributed by atoms with Gasteiger partial charge in [0.25, 0.3) is 0 Å². The zero-order chi connectivity index (χ0) is 8.27. The van der Waals surface area contributed by atoms with E-state index in [0.29, 0.717) is 0 Å². The topological polar surface area (TPSA) is 73.1 Å². The molecule has 0 unspecified atom stereocenters. The Hall–Kier alpha value is -1.78. The van der Waals surface area contributed by atoms with Crippen molar-refractivity contribution in [1.29, 1.82) is 0 Å². The maximum absolute atomic E-state index is 10.0. The molecule has 0 saturated heterocycles. The molecule has 55 valence electrons. The van der Waals surface area contributed by atoms with Gasteiger partial charge in [-0.05, 0) is 16.0 Å². The van der Waals surface area contributed by atoms with E-state index < -0.39 is 4.92 Å². The van der Waals surface area contributed by atoms with Gasteiger partial charge < -0.3 is 10.1 Å². The fourth-order valence-electron chi connectivity index (χ4n) is 0.554. The van der Waals surface area contributed by atoms with Gasteiger partial charge in [-0.15, -0.1) is 0 Å². The van der Waals surface area contributed by atoms with Crippen LogP contribution in [0.1, 0.15) is 5.56 Å². The van der Waals surface area contributed by atoms with E-state index >= 15 is 0 Å². The summed E-state index contributed by atoms with van der Waals surface area (Å²) in [6.45, 7) is 0. The SMILES string of the molecule is O=[C]c1ccc([N+](=O)[O-])nc1. The average Bonchev–Trinajstić information content (AvgIpc) is 2.05. The van der Waals surface area contributed by atoms with Gasteiger partial charge in [-0.25, -0.2) is 0 Å². The Morgan fingerprint density at radius 2 is 2.27 bits per heavy atom. The molecule has 11 heavy (non-hydrogen) atoms. The third-order valence-electron chi connectivity index (χ3n) is 1.05. The number of pyridine rings is 1. The Labute approximate surface area is 61.8 Å². The highest BCUT2D eigenvalue weighted by molar-refractivity contribution is 5.74. The number of rotatable bonds is 2. The van der Waals surface area contributed by atoms with Crippen molar-refractivity contribution in [1.82, 2.24) is 4.98 Å². The van der Waals surface area contributed by atoms with E-state index in [4.69, 9.17) is 0 Å². The summed E-state index contributed by atoms with van der Waals surface area (Å²) in [5.41, 5.74) is 0.204. The summed E-state index contributed by atoms with van der Waals surface area (Å²) in [4.78, 5) is 22.8. The summed E-state index contributed by atoms with van der Waals surface area (Å²) < 4.78 is 0. The van der Waals surface area contributed by atoms with Crippen LogP contribution in [-0.2, 0) is 4.79 Å². The quantitative estimate of drug-likeness (QED) is 0.454. The number of carbonyl (C=O) groups excluding carboxylic acids is 1. The Kier molecular flexibility index (Phi) is 1.91. The van der Waals surface area contributed by atoms with Crippen LogP contribution in [0.2, 0.25) is 0 Å². The van der Waals surface area contributed by atoms with Gasteiger partial charge in [0.05, 0.1) is 5.56 Å². The first kappa shape index (κ1) is 7.33. The van der Waals surface area contributed by atoms with Gasteiger partial charge in [-0.3, -0.25) is 4.79 Å². The van der Waals surface area contributed by atoms with Crippen molar-refractivity contribution >= 4 is 12.1 Å². The second-order valence-corrected chi connectivity index (χ2v) is 1.76. The van der Waals surface area contributed by atoms with Crippen molar-refractivity contribution in [3.63, 3.8) is 0 Å². The minimum absolute atomic E-state index is 0.204. The number of hydrogen-bond donors (Lipinski definition) is 0. The normalized spacial score (nSPS) is 9.09. The molecular weight excluding hydrogens is 148 g/mol. The highest BCUT2D eigenvalue weighted by atomic mass is 16.6. The molecule has 0 bridgehead atoms. The molecule has 1 aromatic rings. The van der Waals surface area contributed by atoms with Gasteiger partial charge in [-0.2, -0.15) is 0 Å². The predicted molar refractivity (Wildman–Crippen MR) is 35.7 cm³/mol. The van der Waals surface area contributed by atoms with Crippen molar-refractivity contribution in [3.05, 3.63) is 34.0 Å². The van der Waals surface area contributed by atoms with E-state index in [0.717, 1.165) is 12.3 Å². The molecule has 0 saturated carbocycles. The van der Waals surface area contributed by atoms with E-state index in [1.165, 1.54) is 6.07 Å². The minimum atomic E-state index is -0.630. The van der Waals surface area contributed by atoms with Crippen LogP contribution in [0.25, 0.3) is 0 Å². The Bertz CT molecular complexity index is 280. The van der Waals surface area contributed by atoms with E-state index in [-0.39, 0.29) is 11.4 Å². The molecule has 1 heterocycles. The molecular formula is C6H3N2O3. The number of aromatic nitrogens is 1. The molecule has 0 atom stereocenters. The molecule has 1 radical (unpaired) electrons. The summed E-state index contributed by atoms with van der Waals surface area (Å²) >= 11 is 0. The second kappa shape index (κ2) is 2.87. The molecule has 5 heteroatoms. The number of nitrogens with zero attached hydrogens (tertiary/aromatic N) is 2. The Morgan fingerprint density at radius 3 is 2.64 bits per heavy atom. The lowest BCUT2D eigenvalue weighted by molar-refractivity contribution is -0.389. The average molecular weight is 151 g/mol. The zero-order valence-electron chi connectivity index (χ0n) is 5.35. The molecule has 0 aliphatic heterocycles. The molecule has 0 fully saturated rings. The predicted octanol–water partition coefficient (Wildman–Crippen LogP) is 0.448. The van der Waals surface area contributed by atoms with Gasteiger partial charge >= 0.3 is 5.82 Å². The van der Waals surface area contributed by atoms with Crippen LogP contribution in [0, 0.1) is 10.1 Å². The molecule has 0 aromatic carbocycles. The summed E-state index contributed by atoms with van der Waals surface area (Å²) in [5, 5.41) is 10.0. The van der Waals surface area contributed by atoms with Crippen LogP contribution < -0.4 is 0 Å². The first-order chi connectivity index (χ1) is 5.24. The number of hydrogen-bond acceptors (Lipinski definition) is 4. The molecule has 0 aliphatic carbocycles. The molecule has 5 nitrogen and oxygen atoms in total. The second-order valence-electron chi connectivity index (χ2n) is 1.76. The van der Waals surface area contributed by atoms with E-state index in [1.54, 1.807) is 6.29 Å². The lowest BCUT2D eigenvalue weighted by Gasteiger charge is -1.88. The maximum Gasteiger partial charge on any atom is 0.363 e. The first-order valence-corrected chi connectivity index (χ1v) is 2.72. The van der Waals surface area contributed by atoms with Gasteiger partial charge in [0, 0.05) is 6.07 Å². The Balaban J connectivity index is 3.00. The minimum Gasteiger partial charge on any atom is -0.358 e. The lowest BCUT2D eigenvalue weighted by Crippen LogP contribution is -1.92. The van der Waals surface area contributed by atoms with Crippen LogP contribution in [0.4, 0.5) is 5.82 Å².